The predicted octanol–water partition coefficient (Wildman–Crippen LogP) is 3.98. The van der Waals surface area contributed by atoms with Crippen molar-refractivity contribution in [3.63, 3.8) is 0 Å². The van der Waals surface area contributed by atoms with E-state index in [1.165, 1.54) is 17.5 Å². The Morgan fingerprint density at radius 3 is 2.71 bits per heavy atom. The van der Waals surface area contributed by atoms with E-state index in [4.69, 9.17) is 5.10 Å². The summed E-state index contributed by atoms with van der Waals surface area (Å²) >= 11 is 0. The second kappa shape index (κ2) is 7.66. The lowest BCUT2D eigenvalue weighted by Gasteiger charge is -2.12. The van der Waals surface area contributed by atoms with Crippen molar-refractivity contribution >= 4 is 21.9 Å². The number of pyridine rings is 1. The summed E-state index contributed by atoms with van der Waals surface area (Å²) < 4.78 is 5.18. The van der Waals surface area contributed by atoms with E-state index in [0.717, 1.165) is 35.1 Å². The fourth-order valence-corrected chi connectivity index (χ4v) is 4.55. The van der Waals surface area contributed by atoms with Gasteiger partial charge in [-0.1, -0.05) is 13.0 Å². The SMILES string of the molecule is CCc1ccc(-c2c(=O)n(-c3ccc4nn(C)cc4c3)nc3c(C#N)cn(CC4CC4)c23)cn1. The Labute approximate surface area is 195 Å². The van der Waals surface area contributed by atoms with E-state index in [2.05, 4.69) is 16.2 Å². The molecule has 0 atom stereocenters. The Kier molecular flexibility index (Phi) is 4.59. The van der Waals surface area contributed by atoms with Gasteiger partial charge in [0.1, 0.15) is 11.6 Å². The minimum absolute atomic E-state index is 0.235. The smallest absolute Gasteiger partial charge is 0.281 e. The highest BCUT2D eigenvalue weighted by Crippen LogP contribution is 2.35. The van der Waals surface area contributed by atoms with E-state index in [9.17, 15) is 10.1 Å². The lowest BCUT2D eigenvalue weighted by Crippen LogP contribution is -2.24. The largest absolute Gasteiger partial charge is 0.344 e. The molecule has 0 bridgehead atoms. The zero-order valence-corrected chi connectivity index (χ0v) is 19.1. The van der Waals surface area contributed by atoms with Crippen LogP contribution in [0, 0.1) is 17.2 Å². The number of rotatable bonds is 5. The molecule has 5 aromatic rings. The topological polar surface area (TPSA) is 94.3 Å². The van der Waals surface area contributed by atoms with Crippen LogP contribution in [0.25, 0.3) is 38.8 Å². The highest BCUT2D eigenvalue weighted by atomic mass is 16.1. The Hall–Kier alpha value is -4.25. The minimum atomic E-state index is -0.235. The van der Waals surface area contributed by atoms with Crippen LogP contribution in [0.1, 0.15) is 31.0 Å². The number of aromatic nitrogens is 6. The van der Waals surface area contributed by atoms with Crippen molar-refractivity contribution in [2.24, 2.45) is 13.0 Å². The molecule has 0 saturated heterocycles. The predicted molar refractivity (Wildman–Crippen MR) is 130 cm³/mol. The van der Waals surface area contributed by atoms with E-state index in [1.807, 2.05) is 61.3 Å². The molecule has 1 fully saturated rings. The molecular formula is C26H23N7O. The number of hydrogen-bond donors (Lipinski definition) is 0. The molecule has 8 heteroatoms. The second-order valence-corrected chi connectivity index (χ2v) is 8.98. The van der Waals surface area contributed by atoms with Gasteiger partial charge in [-0.25, -0.2) is 0 Å². The Morgan fingerprint density at radius 2 is 2.00 bits per heavy atom. The molecule has 1 aliphatic carbocycles. The molecule has 0 radical (unpaired) electrons. The van der Waals surface area contributed by atoms with E-state index in [-0.39, 0.29) is 5.56 Å². The molecule has 0 amide bonds. The molecule has 34 heavy (non-hydrogen) atoms. The van der Waals surface area contributed by atoms with Gasteiger partial charge in [-0.3, -0.25) is 14.5 Å². The lowest BCUT2D eigenvalue weighted by atomic mass is 10.1. The Balaban J connectivity index is 1.66. The molecule has 4 aromatic heterocycles. The first-order valence-electron chi connectivity index (χ1n) is 11.5. The van der Waals surface area contributed by atoms with Crippen LogP contribution in [0.15, 0.2) is 53.7 Å². The molecule has 0 aliphatic heterocycles. The van der Waals surface area contributed by atoms with Crippen LogP contribution in [0.2, 0.25) is 0 Å². The van der Waals surface area contributed by atoms with Crippen molar-refractivity contribution in [3.8, 4) is 22.9 Å². The molecule has 1 aromatic carbocycles. The van der Waals surface area contributed by atoms with Gasteiger partial charge >= 0.3 is 0 Å². The summed E-state index contributed by atoms with van der Waals surface area (Å²) in [6, 6.07) is 11.8. The first kappa shape index (κ1) is 20.4. The molecule has 1 aliphatic rings. The first-order chi connectivity index (χ1) is 16.6. The number of nitrogens with zero attached hydrogens (tertiary/aromatic N) is 7. The molecule has 4 heterocycles. The first-order valence-corrected chi connectivity index (χ1v) is 11.5. The Bertz CT molecular complexity index is 1660. The zero-order valence-electron chi connectivity index (χ0n) is 19.1. The summed E-state index contributed by atoms with van der Waals surface area (Å²) in [5.74, 6) is 0.575. The highest BCUT2D eigenvalue weighted by Gasteiger charge is 2.26. The average molecular weight is 450 g/mol. The van der Waals surface area contributed by atoms with Gasteiger partial charge in [0.05, 0.1) is 27.8 Å². The number of benzene rings is 1. The van der Waals surface area contributed by atoms with Gasteiger partial charge in [-0.05, 0) is 49.4 Å². The van der Waals surface area contributed by atoms with Crippen LogP contribution in [-0.4, -0.2) is 29.1 Å². The summed E-state index contributed by atoms with van der Waals surface area (Å²) in [6.07, 6.45) is 8.64. The fraction of sp³-hybridized carbons (Fsp3) is 0.269. The molecule has 8 nitrogen and oxygen atoms in total. The van der Waals surface area contributed by atoms with Crippen molar-refractivity contribution in [2.45, 2.75) is 32.7 Å². The van der Waals surface area contributed by atoms with Gasteiger partial charge in [-0.2, -0.15) is 20.1 Å². The maximum Gasteiger partial charge on any atom is 0.281 e. The van der Waals surface area contributed by atoms with Crippen molar-refractivity contribution < 1.29 is 0 Å². The molecule has 0 unspecified atom stereocenters. The van der Waals surface area contributed by atoms with Crippen molar-refractivity contribution in [1.82, 2.24) is 29.1 Å². The third-order valence-electron chi connectivity index (χ3n) is 6.49. The van der Waals surface area contributed by atoms with E-state index in [0.29, 0.717) is 33.8 Å². The van der Waals surface area contributed by atoms with Gasteiger partial charge < -0.3 is 4.57 Å². The maximum absolute atomic E-state index is 14.0. The van der Waals surface area contributed by atoms with Gasteiger partial charge in [0.25, 0.3) is 5.56 Å². The van der Waals surface area contributed by atoms with Crippen molar-refractivity contribution in [3.05, 3.63) is 70.5 Å². The normalized spacial score (nSPS) is 13.6. The number of nitriles is 1. The van der Waals surface area contributed by atoms with Crippen molar-refractivity contribution in [2.75, 3.05) is 0 Å². The van der Waals surface area contributed by atoms with E-state index >= 15 is 0 Å². The van der Waals surface area contributed by atoms with Gasteiger partial charge in [0.15, 0.2) is 0 Å². The summed E-state index contributed by atoms with van der Waals surface area (Å²) in [6.45, 7) is 2.83. The van der Waals surface area contributed by atoms with Crippen LogP contribution < -0.4 is 5.56 Å². The lowest BCUT2D eigenvalue weighted by molar-refractivity contribution is 0.646. The zero-order chi connectivity index (χ0) is 23.4. The molecule has 0 N–H and O–H groups in total. The number of fused-ring (bicyclic) bond motifs is 2. The van der Waals surface area contributed by atoms with Gasteiger partial charge in [0, 0.05) is 48.8 Å². The van der Waals surface area contributed by atoms with Crippen LogP contribution in [0.3, 0.4) is 0 Å². The van der Waals surface area contributed by atoms with Crippen LogP contribution >= 0.6 is 0 Å². The van der Waals surface area contributed by atoms with Crippen LogP contribution in [-0.2, 0) is 20.0 Å². The molecule has 0 spiro atoms. The average Bonchev–Trinajstić information content (AvgIpc) is 3.49. The maximum atomic E-state index is 14.0. The van der Waals surface area contributed by atoms with Crippen molar-refractivity contribution in [1.29, 1.82) is 5.26 Å². The number of aryl methyl sites for hydroxylation is 2. The summed E-state index contributed by atoms with van der Waals surface area (Å²) in [7, 11) is 1.86. The molecule has 1 saturated carbocycles. The van der Waals surface area contributed by atoms with Crippen LogP contribution in [0.5, 0.6) is 0 Å². The summed E-state index contributed by atoms with van der Waals surface area (Å²) in [5, 5.41) is 19.9. The number of hydrogen-bond acceptors (Lipinski definition) is 5. The minimum Gasteiger partial charge on any atom is -0.344 e. The third kappa shape index (κ3) is 3.28. The molecule has 168 valence electrons. The molecular weight excluding hydrogens is 426 g/mol. The van der Waals surface area contributed by atoms with E-state index < -0.39 is 0 Å². The fourth-order valence-electron chi connectivity index (χ4n) is 4.55. The Morgan fingerprint density at radius 1 is 1.15 bits per heavy atom. The quantitative estimate of drug-likeness (QED) is 0.405. The van der Waals surface area contributed by atoms with Gasteiger partial charge in [0.2, 0.25) is 0 Å². The summed E-state index contributed by atoms with van der Waals surface area (Å²) in [5.41, 5.74) is 5.15. The monoisotopic (exact) mass is 449 g/mol. The van der Waals surface area contributed by atoms with Crippen LogP contribution in [0.4, 0.5) is 0 Å². The highest BCUT2D eigenvalue weighted by molar-refractivity contribution is 5.95. The van der Waals surface area contributed by atoms with E-state index in [1.54, 1.807) is 10.9 Å². The van der Waals surface area contributed by atoms with Gasteiger partial charge in [-0.15, -0.1) is 0 Å². The second-order valence-electron chi connectivity index (χ2n) is 8.98. The summed E-state index contributed by atoms with van der Waals surface area (Å²) in [4.78, 5) is 18.5. The third-order valence-corrected chi connectivity index (χ3v) is 6.49. The standard InChI is InChI=1S/C26H23N7O/c1-3-20-7-6-17(12-28-20)23-25-24(19(11-27)15-32(25)13-16-4-5-16)30-33(26(23)34)21-8-9-22-18(10-21)14-31(2)29-22/h6-10,12,14-16H,3-5,13H2,1-2H3. The molecule has 6 rings (SSSR count).